The second-order valence-corrected chi connectivity index (χ2v) is 13.2. The molecule has 2 aliphatic rings. The molecule has 2 saturated carbocycles. The van der Waals surface area contributed by atoms with Gasteiger partial charge < -0.3 is 0 Å². The van der Waals surface area contributed by atoms with Crippen LogP contribution in [0.25, 0.3) is 56.1 Å². The van der Waals surface area contributed by atoms with Gasteiger partial charge in [-0.1, -0.05) is 117 Å². The van der Waals surface area contributed by atoms with Crippen LogP contribution in [-0.4, -0.2) is 15.0 Å². The number of fused-ring (bicyclic) bond motifs is 3. The zero-order chi connectivity index (χ0) is 31.1. The Hall–Kier alpha value is -5.14. The van der Waals surface area contributed by atoms with E-state index in [0.29, 0.717) is 28.5 Å². The topological polar surface area (TPSA) is 62.5 Å². The third-order valence-electron chi connectivity index (χ3n) is 10.6. The van der Waals surface area contributed by atoms with Gasteiger partial charge in [0, 0.05) is 16.7 Å². The molecule has 2 bridgehead atoms. The molecule has 1 aromatic heterocycles. The molecule has 0 spiro atoms. The third kappa shape index (κ3) is 5.07. The Morgan fingerprint density at radius 2 is 1.24 bits per heavy atom. The minimum absolute atomic E-state index is 0.328. The summed E-state index contributed by atoms with van der Waals surface area (Å²) in [6, 6.07) is 42.1. The van der Waals surface area contributed by atoms with Crippen molar-refractivity contribution in [2.24, 2.45) is 11.8 Å². The number of rotatable bonds is 6. The fourth-order valence-electron chi connectivity index (χ4n) is 8.29. The van der Waals surface area contributed by atoms with Crippen LogP contribution in [-0.2, 0) is 5.41 Å². The van der Waals surface area contributed by atoms with Gasteiger partial charge in [-0.15, -0.1) is 0 Å². The van der Waals surface area contributed by atoms with E-state index in [1.54, 1.807) is 6.07 Å². The quantitative estimate of drug-likeness (QED) is 0.192. The molecule has 224 valence electrons. The van der Waals surface area contributed by atoms with Crippen LogP contribution in [0.2, 0.25) is 0 Å². The third-order valence-corrected chi connectivity index (χ3v) is 10.6. The van der Waals surface area contributed by atoms with E-state index in [1.165, 1.54) is 60.6 Å². The van der Waals surface area contributed by atoms with Crippen molar-refractivity contribution in [2.45, 2.75) is 50.9 Å². The second kappa shape index (κ2) is 11.7. The predicted molar refractivity (Wildman–Crippen MR) is 186 cm³/mol. The standard InChI is InChI=1S/C42H36N4/c1-2-42(25-28-15-16-29(23-28)26-42)34-19-17-31(18-20-34)35-21-22-38(37-14-7-6-13-36(35)37)41-45-39(32-10-4-3-5-11-32)44-40(46-41)33-12-8-9-30(24-33)27-43/h3-14,17-22,24,28-29H,2,15-16,23,25-26H2,1H3/t28-,29+,42?. The second-order valence-electron chi connectivity index (χ2n) is 13.2. The zero-order valence-corrected chi connectivity index (χ0v) is 26.2. The Kier molecular flexibility index (Phi) is 7.18. The van der Waals surface area contributed by atoms with E-state index in [0.717, 1.165) is 33.9 Å². The van der Waals surface area contributed by atoms with E-state index < -0.39 is 0 Å². The van der Waals surface area contributed by atoms with E-state index >= 15 is 0 Å². The molecular weight excluding hydrogens is 560 g/mol. The van der Waals surface area contributed by atoms with Crippen LogP contribution in [0.3, 0.4) is 0 Å². The molecule has 0 radical (unpaired) electrons. The fraction of sp³-hybridized carbons (Fsp3) is 0.238. The van der Waals surface area contributed by atoms with Crippen molar-refractivity contribution in [3.63, 3.8) is 0 Å². The van der Waals surface area contributed by atoms with Gasteiger partial charge >= 0.3 is 0 Å². The monoisotopic (exact) mass is 596 g/mol. The molecule has 8 rings (SSSR count). The van der Waals surface area contributed by atoms with Crippen LogP contribution in [0.4, 0.5) is 0 Å². The van der Waals surface area contributed by atoms with Crippen molar-refractivity contribution in [2.75, 3.05) is 0 Å². The Morgan fingerprint density at radius 1 is 0.630 bits per heavy atom. The highest BCUT2D eigenvalue weighted by atomic mass is 15.0. The molecule has 0 amide bonds. The number of hydrogen-bond acceptors (Lipinski definition) is 4. The van der Waals surface area contributed by atoms with Crippen LogP contribution < -0.4 is 0 Å². The van der Waals surface area contributed by atoms with E-state index in [-0.39, 0.29) is 0 Å². The fourth-order valence-corrected chi connectivity index (χ4v) is 8.29. The van der Waals surface area contributed by atoms with Crippen molar-refractivity contribution in [3.05, 3.63) is 126 Å². The van der Waals surface area contributed by atoms with Gasteiger partial charge in [0.2, 0.25) is 0 Å². The maximum absolute atomic E-state index is 9.54. The number of hydrogen-bond donors (Lipinski definition) is 0. The summed E-state index contributed by atoms with van der Waals surface area (Å²) in [5.74, 6) is 3.58. The average Bonchev–Trinajstić information content (AvgIpc) is 3.48. The molecule has 5 aromatic carbocycles. The summed E-state index contributed by atoms with van der Waals surface area (Å²) in [6.45, 7) is 2.39. The molecule has 3 atom stereocenters. The zero-order valence-electron chi connectivity index (χ0n) is 26.2. The Balaban J connectivity index is 1.22. The molecule has 2 aliphatic carbocycles. The van der Waals surface area contributed by atoms with Gasteiger partial charge in [-0.2, -0.15) is 5.26 Å². The van der Waals surface area contributed by atoms with Crippen LogP contribution >= 0.6 is 0 Å². The van der Waals surface area contributed by atoms with Crippen molar-refractivity contribution >= 4 is 10.8 Å². The van der Waals surface area contributed by atoms with Crippen molar-refractivity contribution in [1.82, 2.24) is 15.0 Å². The van der Waals surface area contributed by atoms with E-state index in [1.807, 2.05) is 48.5 Å². The number of aromatic nitrogens is 3. The molecule has 1 unspecified atom stereocenters. The van der Waals surface area contributed by atoms with E-state index in [2.05, 4.69) is 73.7 Å². The van der Waals surface area contributed by atoms with Crippen LogP contribution in [0.1, 0.15) is 56.6 Å². The molecule has 2 fully saturated rings. The van der Waals surface area contributed by atoms with Crippen LogP contribution in [0.5, 0.6) is 0 Å². The molecule has 4 nitrogen and oxygen atoms in total. The molecule has 1 heterocycles. The summed E-state index contributed by atoms with van der Waals surface area (Å²) in [7, 11) is 0. The largest absolute Gasteiger partial charge is 0.208 e. The maximum Gasteiger partial charge on any atom is 0.164 e. The molecule has 0 aliphatic heterocycles. The first-order chi connectivity index (χ1) is 22.6. The van der Waals surface area contributed by atoms with Gasteiger partial charge in [0.05, 0.1) is 11.6 Å². The highest BCUT2D eigenvalue weighted by Crippen LogP contribution is 2.53. The lowest BCUT2D eigenvalue weighted by Crippen LogP contribution is -2.33. The summed E-state index contributed by atoms with van der Waals surface area (Å²) in [5, 5.41) is 11.8. The lowest BCUT2D eigenvalue weighted by Gasteiger charge is -2.41. The lowest BCUT2D eigenvalue weighted by molar-refractivity contribution is 0.207. The molecule has 4 heteroatoms. The van der Waals surface area contributed by atoms with Gasteiger partial charge in [-0.25, -0.2) is 15.0 Å². The minimum Gasteiger partial charge on any atom is -0.208 e. The smallest absolute Gasteiger partial charge is 0.164 e. The molecular formula is C42H36N4. The van der Waals surface area contributed by atoms with E-state index in [9.17, 15) is 5.26 Å². The van der Waals surface area contributed by atoms with Crippen molar-refractivity contribution < 1.29 is 0 Å². The van der Waals surface area contributed by atoms with Crippen LogP contribution in [0.15, 0.2) is 115 Å². The first kappa shape index (κ1) is 28.3. The normalized spacial score (nSPS) is 20.4. The first-order valence-electron chi connectivity index (χ1n) is 16.6. The molecule has 46 heavy (non-hydrogen) atoms. The van der Waals surface area contributed by atoms with Crippen LogP contribution in [0, 0.1) is 23.2 Å². The maximum atomic E-state index is 9.54. The average molecular weight is 597 g/mol. The Bertz CT molecular complexity index is 2080. The summed E-state index contributed by atoms with van der Waals surface area (Å²) < 4.78 is 0. The number of nitrogens with zero attached hydrogens (tertiary/aromatic N) is 4. The van der Waals surface area contributed by atoms with Crippen molar-refractivity contribution in [1.29, 1.82) is 5.26 Å². The molecule has 0 N–H and O–H groups in total. The summed E-state index contributed by atoms with van der Waals surface area (Å²) in [6.07, 6.45) is 8.19. The molecule has 6 aromatic rings. The van der Waals surface area contributed by atoms with Gasteiger partial charge in [0.1, 0.15) is 0 Å². The van der Waals surface area contributed by atoms with Gasteiger partial charge in [0.25, 0.3) is 0 Å². The SMILES string of the molecule is CCC1(c2ccc(-c3ccc(-c4nc(-c5ccccc5)nc(-c5cccc(C#N)c5)n4)c4ccccc34)cc2)C[C@@H]2CC[C@@H](C2)C1. The molecule has 0 saturated heterocycles. The number of nitriles is 1. The predicted octanol–water partition coefficient (Wildman–Crippen LogP) is 10.4. The number of benzene rings is 5. The van der Waals surface area contributed by atoms with Gasteiger partial charge in [0.15, 0.2) is 17.5 Å². The van der Waals surface area contributed by atoms with Crippen molar-refractivity contribution in [3.8, 4) is 51.4 Å². The Morgan fingerprint density at radius 3 is 1.93 bits per heavy atom. The Labute approximate surface area is 270 Å². The summed E-state index contributed by atoms with van der Waals surface area (Å²) in [5.41, 5.74) is 7.51. The minimum atomic E-state index is 0.328. The highest BCUT2D eigenvalue weighted by Gasteiger charge is 2.43. The van der Waals surface area contributed by atoms with Gasteiger partial charge in [-0.05, 0) is 88.6 Å². The lowest BCUT2D eigenvalue weighted by atomic mass is 9.64. The van der Waals surface area contributed by atoms with Gasteiger partial charge in [-0.3, -0.25) is 0 Å². The summed E-state index contributed by atoms with van der Waals surface area (Å²) >= 11 is 0. The highest BCUT2D eigenvalue weighted by molar-refractivity contribution is 6.04. The summed E-state index contributed by atoms with van der Waals surface area (Å²) in [4.78, 5) is 14.9. The van der Waals surface area contributed by atoms with E-state index in [4.69, 9.17) is 15.0 Å². The first-order valence-corrected chi connectivity index (χ1v) is 16.6.